The molecule has 0 radical (unpaired) electrons. The molecule has 2 aromatic rings. The molecule has 0 aliphatic rings. The second kappa shape index (κ2) is 3.62. The topological polar surface area (TPSA) is 30.7 Å². The molecule has 0 fully saturated rings. The smallest absolute Gasteiger partial charge is 0.320 e. The van der Waals surface area contributed by atoms with Crippen LogP contribution in [0.3, 0.4) is 0 Å². The molecule has 16 heavy (non-hydrogen) atoms. The van der Waals surface area contributed by atoms with Gasteiger partial charge in [-0.3, -0.25) is 0 Å². The molecule has 0 amide bonds. The van der Waals surface area contributed by atoms with Gasteiger partial charge in [-0.05, 0) is 13.0 Å². The SMILES string of the molecule is CC(n1ccc2c(Cl)ncnc21)C(F)(F)F. The van der Waals surface area contributed by atoms with Gasteiger partial charge in [0, 0.05) is 6.20 Å². The lowest BCUT2D eigenvalue weighted by Gasteiger charge is -2.17. The van der Waals surface area contributed by atoms with E-state index in [0.717, 1.165) is 17.8 Å². The molecule has 2 heterocycles. The van der Waals surface area contributed by atoms with Gasteiger partial charge in [0.25, 0.3) is 0 Å². The molecule has 1 unspecified atom stereocenters. The van der Waals surface area contributed by atoms with Crippen molar-refractivity contribution in [2.45, 2.75) is 19.1 Å². The third kappa shape index (κ3) is 1.73. The quantitative estimate of drug-likeness (QED) is 0.727. The summed E-state index contributed by atoms with van der Waals surface area (Å²) in [5.74, 6) is 0. The number of nitrogens with zero attached hydrogens (tertiary/aromatic N) is 3. The second-order valence-corrected chi connectivity index (χ2v) is 3.70. The average molecular weight is 250 g/mol. The largest absolute Gasteiger partial charge is 0.408 e. The lowest BCUT2D eigenvalue weighted by atomic mass is 10.3. The average Bonchev–Trinajstić information content (AvgIpc) is 2.60. The number of rotatable bonds is 1. The normalized spacial score (nSPS) is 14.3. The standard InChI is InChI=1S/C9H7ClF3N3/c1-5(9(11,12)13)16-3-2-6-7(10)14-4-15-8(6)16/h2-5H,1H3. The summed E-state index contributed by atoms with van der Waals surface area (Å²) < 4.78 is 38.7. The fourth-order valence-electron chi connectivity index (χ4n) is 1.41. The Labute approximate surface area is 93.9 Å². The van der Waals surface area contributed by atoms with Crippen molar-refractivity contribution in [3.8, 4) is 0 Å². The Kier molecular flexibility index (Phi) is 2.53. The van der Waals surface area contributed by atoms with Crippen LogP contribution in [0, 0.1) is 0 Å². The van der Waals surface area contributed by atoms with E-state index in [9.17, 15) is 13.2 Å². The molecule has 0 aliphatic heterocycles. The summed E-state index contributed by atoms with van der Waals surface area (Å²) in [5.41, 5.74) is 0.185. The van der Waals surface area contributed by atoms with E-state index in [-0.39, 0.29) is 10.8 Å². The molecule has 0 N–H and O–H groups in total. The van der Waals surface area contributed by atoms with Crippen molar-refractivity contribution in [3.63, 3.8) is 0 Å². The van der Waals surface area contributed by atoms with Gasteiger partial charge in [-0.15, -0.1) is 0 Å². The van der Waals surface area contributed by atoms with Crippen LogP contribution in [-0.4, -0.2) is 20.7 Å². The lowest BCUT2D eigenvalue weighted by molar-refractivity contribution is -0.162. The van der Waals surface area contributed by atoms with Gasteiger partial charge < -0.3 is 4.57 Å². The monoisotopic (exact) mass is 249 g/mol. The van der Waals surface area contributed by atoms with E-state index >= 15 is 0 Å². The number of hydrogen-bond donors (Lipinski definition) is 0. The zero-order valence-corrected chi connectivity index (χ0v) is 8.92. The predicted molar refractivity (Wildman–Crippen MR) is 53.3 cm³/mol. The number of halogens is 4. The Balaban J connectivity index is 2.59. The van der Waals surface area contributed by atoms with Gasteiger partial charge in [0.2, 0.25) is 0 Å². The maximum atomic E-state index is 12.5. The number of alkyl halides is 3. The Morgan fingerprint density at radius 1 is 1.38 bits per heavy atom. The minimum Gasteiger partial charge on any atom is -0.320 e. The highest BCUT2D eigenvalue weighted by molar-refractivity contribution is 6.33. The summed E-state index contributed by atoms with van der Waals surface area (Å²) in [5, 5.41) is 0.568. The van der Waals surface area contributed by atoms with E-state index in [1.165, 1.54) is 12.3 Å². The summed E-state index contributed by atoms with van der Waals surface area (Å²) >= 11 is 5.74. The molecule has 86 valence electrons. The molecule has 0 saturated heterocycles. The van der Waals surface area contributed by atoms with Gasteiger partial charge in [0.05, 0.1) is 5.39 Å². The van der Waals surface area contributed by atoms with E-state index in [1.54, 1.807) is 0 Å². The van der Waals surface area contributed by atoms with Crippen molar-refractivity contribution < 1.29 is 13.2 Å². The number of fused-ring (bicyclic) bond motifs is 1. The predicted octanol–water partition coefficient (Wildman–Crippen LogP) is 3.21. The molecule has 0 spiro atoms. The molecule has 2 aromatic heterocycles. The maximum absolute atomic E-state index is 12.5. The first-order valence-corrected chi connectivity index (χ1v) is 4.83. The van der Waals surface area contributed by atoms with Crippen LogP contribution in [0.2, 0.25) is 5.15 Å². The van der Waals surface area contributed by atoms with Crippen molar-refractivity contribution in [1.29, 1.82) is 0 Å². The second-order valence-electron chi connectivity index (χ2n) is 3.34. The highest BCUT2D eigenvalue weighted by Gasteiger charge is 2.38. The van der Waals surface area contributed by atoms with Crippen LogP contribution in [0.25, 0.3) is 11.0 Å². The summed E-state index contributed by atoms with van der Waals surface area (Å²) in [7, 11) is 0. The Bertz CT molecular complexity index is 520. The first-order chi connectivity index (χ1) is 7.41. The van der Waals surface area contributed by atoms with Crippen LogP contribution in [-0.2, 0) is 0 Å². The summed E-state index contributed by atoms with van der Waals surface area (Å²) in [6.07, 6.45) is -1.86. The number of hydrogen-bond acceptors (Lipinski definition) is 2. The van der Waals surface area contributed by atoms with Crippen LogP contribution < -0.4 is 0 Å². The molecule has 0 bridgehead atoms. The highest BCUT2D eigenvalue weighted by atomic mass is 35.5. The molecule has 3 nitrogen and oxygen atoms in total. The van der Waals surface area contributed by atoms with Crippen LogP contribution in [0.1, 0.15) is 13.0 Å². The van der Waals surface area contributed by atoms with Crippen LogP contribution >= 0.6 is 11.6 Å². The third-order valence-electron chi connectivity index (χ3n) is 2.35. The van der Waals surface area contributed by atoms with Gasteiger partial charge in [-0.1, -0.05) is 11.6 Å². The Morgan fingerprint density at radius 2 is 2.06 bits per heavy atom. The molecule has 2 rings (SSSR count). The zero-order chi connectivity index (χ0) is 11.9. The molecular formula is C9H7ClF3N3. The third-order valence-corrected chi connectivity index (χ3v) is 2.65. The zero-order valence-electron chi connectivity index (χ0n) is 8.16. The van der Waals surface area contributed by atoms with E-state index in [4.69, 9.17) is 11.6 Å². The van der Waals surface area contributed by atoms with Crippen molar-refractivity contribution in [3.05, 3.63) is 23.7 Å². The summed E-state index contributed by atoms with van der Waals surface area (Å²) in [6, 6.07) is -0.170. The fraction of sp³-hybridized carbons (Fsp3) is 0.333. The van der Waals surface area contributed by atoms with Crippen LogP contribution in [0.5, 0.6) is 0 Å². The Morgan fingerprint density at radius 3 is 2.69 bits per heavy atom. The molecule has 0 aromatic carbocycles. The molecule has 0 aliphatic carbocycles. The van der Waals surface area contributed by atoms with Gasteiger partial charge in [-0.2, -0.15) is 13.2 Å². The van der Waals surface area contributed by atoms with Gasteiger partial charge >= 0.3 is 6.18 Å². The van der Waals surface area contributed by atoms with Crippen LogP contribution in [0.15, 0.2) is 18.6 Å². The van der Waals surface area contributed by atoms with Crippen LogP contribution in [0.4, 0.5) is 13.2 Å². The van der Waals surface area contributed by atoms with E-state index in [0.29, 0.717) is 5.39 Å². The van der Waals surface area contributed by atoms with Gasteiger partial charge in [0.15, 0.2) is 0 Å². The summed E-state index contributed by atoms with van der Waals surface area (Å²) in [4.78, 5) is 7.51. The molecule has 7 heteroatoms. The minimum absolute atomic E-state index is 0.151. The first-order valence-electron chi connectivity index (χ1n) is 4.45. The molecular weight excluding hydrogens is 243 g/mol. The van der Waals surface area contributed by atoms with E-state index < -0.39 is 12.2 Å². The van der Waals surface area contributed by atoms with E-state index in [1.807, 2.05) is 0 Å². The van der Waals surface area contributed by atoms with E-state index in [2.05, 4.69) is 9.97 Å². The van der Waals surface area contributed by atoms with Gasteiger partial charge in [0.1, 0.15) is 23.2 Å². The van der Waals surface area contributed by atoms with Crippen molar-refractivity contribution in [1.82, 2.24) is 14.5 Å². The first kappa shape index (κ1) is 11.2. The lowest BCUT2D eigenvalue weighted by Crippen LogP contribution is -2.23. The van der Waals surface area contributed by atoms with Gasteiger partial charge in [-0.25, -0.2) is 9.97 Å². The van der Waals surface area contributed by atoms with Crippen molar-refractivity contribution in [2.75, 3.05) is 0 Å². The van der Waals surface area contributed by atoms with Crippen molar-refractivity contribution >= 4 is 22.6 Å². The van der Waals surface area contributed by atoms with Crippen molar-refractivity contribution in [2.24, 2.45) is 0 Å². The fourth-order valence-corrected chi connectivity index (χ4v) is 1.60. The summed E-state index contributed by atoms with van der Waals surface area (Å²) in [6.45, 7) is 1.06. The molecule has 1 atom stereocenters. The Hall–Kier alpha value is -1.30. The highest BCUT2D eigenvalue weighted by Crippen LogP contribution is 2.33. The minimum atomic E-state index is -4.32. The maximum Gasteiger partial charge on any atom is 0.408 e. The number of aromatic nitrogens is 3. The molecule has 0 saturated carbocycles.